The van der Waals surface area contributed by atoms with Crippen molar-refractivity contribution in [1.29, 1.82) is 0 Å². The molecule has 0 atom stereocenters. The number of anilines is 2. The van der Waals surface area contributed by atoms with Crippen molar-refractivity contribution in [3.63, 3.8) is 0 Å². The number of aromatic nitrogens is 1. The van der Waals surface area contributed by atoms with Crippen LogP contribution in [-0.2, 0) is 17.9 Å². The first-order valence-electron chi connectivity index (χ1n) is 10.4. The lowest BCUT2D eigenvalue weighted by Crippen LogP contribution is -2.45. The first-order chi connectivity index (χ1) is 14.6. The number of aryl methyl sites for hydroxylation is 1. The van der Waals surface area contributed by atoms with Crippen molar-refractivity contribution in [2.45, 2.75) is 26.9 Å². The van der Waals surface area contributed by atoms with E-state index in [2.05, 4.69) is 46.4 Å². The molecule has 4 rings (SSSR count). The zero-order valence-corrected chi connectivity index (χ0v) is 18.4. The van der Waals surface area contributed by atoms with Gasteiger partial charge in [0.15, 0.2) is 5.13 Å². The molecule has 6 heteroatoms. The second kappa shape index (κ2) is 9.51. The van der Waals surface area contributed by atoms with Crippen molar-refractivity contribution in [1.82, 2.24) is 14.8 Å². The molecule has 1 aromatic heterocycles. The number of nitrogens with zero attached hydrogens (tertiary/aromatic N) is 4. The Bertz CT molecular complexity index is 980. The van der Waals surface area contributed by atoms with Gasteiger partial charge in [-0.2, -0.15) is 0 Å². The van der Waals surface area contributed by atoms with Crippen LogP contribution in [0.3, 0.4) is 0 Å². The van der Waals surface area contributed by atoms with Gasteiger partial charge in [0.25, 0.3) is 0 Å². The van der Waals surface area contributed by atoms with Crippen LogP contribution >= 0.6 is 11.3 Å². The molecule has 0 radical (unpaired) electrons. The van der Waals surface area contributed by atoms with Gasteiger partial charge in [-0.25, -0.2) is 4.98 Å². The summed E-state index contributed by atoms with van der Waals surface area (Å²) in [6, 6.07) is 18.4. The lowest BCUT2D eigenvalue weighted by Gasteiger charge is -2.34. The van der Waals surface area contributed by atoms with Crippen molar-refractivity contribution in [3.05, 3.63) is 76.8 Å². The van der Waals surface area contributed by atoms with Gasteiger partial charge in [-0.15, -0.1) is 11.3 Å². The van der Waals surface area contributed by atoms with Crippen LogP contribution in [0.15, 0.2) is 60.0 Å². The molecule has 1 aliphatic rings. The maximum atomic E-state index is 12.2. The maximum Gasteiger partial charge on any atom is 0.230 e. The van der Waals surface area contributed by atoms with E-state index in [1.165, 1.54) is 22.5 Å². The van der Waals surface area contributed by atoms with Crippen molar-refractivity contribution in [3.8, 4) is 0 Å². The summed E-state index contributed by atoms with van der Waals surface area (Å²) in [4.78, 5) is 23.7. The van der Waals surface area contributed by atoms with Crippen LogP contribution in [0.1, 0.15) is 23.7 Å². The van der Waals surface area contributed by atoms with Crippen LogP contribution in [0.25, 0.3) is 0 Å². The predicted octanol–water partition coefficient (Wildman–Crippen LogP) is 4.45. The van der Waals surface area contributed by atoms with E-state index in [0.29, 0.717) is 0 Å². The van der Waals surface area contributed by atoms with Crippen LogP contribution in [-0.4, -0.2) is 46.9 Å². The maximum absolute atomic E-state index is 12.2. The van der Waals surface area contributed by atoms with Gasteiger partial charge in [0.05, 0.1) is 11.4 Å². The number of piperazine rings is 1. The minimum Gasteiger partial charge on any atom is -0.297 e. The molecule has 0 spiro atoms. The Balaban J connectivity index is 1.34. The third-order valence-corrected chi connectivity index (χ3v) is 6.44. The smallest absolute Gasteiger partial charge is 0.230 e. The second-order valence-corrected chi connectivity index (χ2v) is 8.63. The fraction of sp³-hybridized carbons (Fsp3) is 0.333. The average molecular weight is 421 g/mol. The molecule has 2 heterocycles. The SMILES string of the molecule is CC(=O)N(c1ccccc1)c1nc(CN2CCN(Cc3ccccc3C)CC2)cs1. The second-order valence-electron chi connectivity index (χ2n) is 7.79. The Kier molecular flexibility index (Phi) is 6.57. The summed E-state index contributed by atoms with van der Waals surface area (Å²) in [5.41, 5.74) is 4.67. The number of hydrogen-bond donors (Lipinski definition) is 0. The van der Waals surface area contributed by atoms with Crippen LogP contribution in [0.5, 0.6) is 0 Å². The molecular weight excluding hydrogens is 392 g/mol. The van der Waals surface area contributed by atoms with Gasteiger partial charge in [0.2, 0.25) is 5.91 Å². The van der Waals surface area contributed by atoms with Gasteiger partial charge in [-0.3, -0.25) is 19.5 Å². The zero-order chi connectivity index (χ0) is 20.9. The number of hydrogen-bond acceptors (Lipinski definition) is 5. The summed E-state index contributed by atoms with van der Waals surface area (Å²) in [7, 11) is 0. The number of thiazole rings is 1. The van der Waals surface area contributed by atoms with Crippen LogP contribution in [0.2, 0.25) is 0 Å². The van der Waals surface area contributed by atoms with E-state index in [-0.39, 0.29) is 5.91 Å². The molecule has 0 aliphatic carbocycles. The Morgan fingerprint density at radius 3 is 2.27 bits per heavy atom. The number of amides is 1. The molecule has 0 saturated carbocycles. The minimum absolute atomic E-state index is 0.0214. The van der Waals surface area contributed by atoms with Crippen molar-refractivity contribution in [2.24, 2.45) is 0 Å². The normalized spacial score (nSPS) is 15.3. The quantitative estimate of drug-likeness (QED) is 0.591. The summed E-state index contributed by atoms with van der Waals surface area (Å²) >= 11 is 1.53. The van der Waals surface area contributed by atoms with E-state index in [4.69, 9.17) is 4.98 Å². The molecule has 1 amide bonds. The molecule has 1 fully saturated rings. The minimum atomic E-state index is -0.0214. The molecule has 0 N–H and O–H groups in total. The molecule has 156 valence electrons. The van der Waals surface area contributed by atoms with Gasteiger partial charge >= 0.3 is 0 Å². The van der Waals surface area contributed by atoms with Crippen molar-refractivity contribution >= 4 is 28.1 Å². The Labute approximate surface area is 182 Å². The summed E-state index contributed by atoms with van der Waals surface area (Å²) in [5, 5.41) is 2.82. The largest absolute Gasteiger partial charge is 0.297 e. The highest BCUT2D eigenvalue weighted by Crippen LogP contribution is 2.29. The van der Waals surface area contributed by atoms with E-state index in [0.717, 1.165) is 55.8 Å². The highest BCUT2D eigenvalue weighted by molar-refractivity contribution is 7.14. The Morgan fingerprint density at radius 1 is 0.967 bits per heavy atom. The molecule has 3 aromatic rings. The summed E-state index contributed by atoms with van der Waals surface area (Å²) in [6.45, 7) is 9.82. The lowest BCUT2D eigenvalue weighted by molar-refractivity contribution is -0.115. The highest BCUT2D eigenvalue weighted by atomic mass is 32.1. The van der Waals surface area contributed by atoms with Gasteiger partial charge < -0.3 is 0 Å². The monoisotopic (exact) mass is 420 g/mol. The third kappa shape index (κ3) is 4.95. The summed E-state index contributed by atoms with van der Waals surface area (Å²) in [6.07, 6.45) is 0. The fourth-order valence-electron chi connectivity index (χ4n) is 3.84. The number of benzene rings is 2. The average Bonchev–Trinajstić information content (AvgIpc) is 3.19. The highest BCUT2D eigenvalue weighted by Gasteiger charge is 2.21. The van der Waals surface area contributed by atoms with E-state index >= 15 is 0 Å². The topological polar surface area (TPSA) is 39.7 Å². The molecule has 30 heavy (non-hydrogen) atoms. The number of carbonyl (C=O) groups is 1. The van der Waals surface area contributed by atoms with Gasteiger partial charge in [-0.1, -0.05) is 42.5 Å². The van der Waals surface area contributed by atoms with Gasteiger partial charge in [-0.05, 0) is 30.2 Å². The molecular formula is C24H28N4OS. The molecule has 2 aromatic carbocycles. The first-order valence-corrected chi connectivity index (χ1v) is 11.3. The van der Waals surface area contributed by atoms with Crippen LogP contribution < -0.4 is 4.90 Å². The molecule has 0 bridgehead atoms. The molecule has 0 unspecified atom stereocenters. The van der Waals surface area contributed by atoms with E-state index < -0.39 is 0 Å². The molecule has 5 nitrogen and oxygen atoms in total. The lowest BCUT2D eigenvalue weighted by atomic mass is 10.1. The Hall–Kier alpha value is -2.54. The molecule has 1 saturated heterocycles. The standard InChI is InChI=1S/C24H28N4OS/c1-19-8-6-7-9-21(19)16-26-12-14-27(15-13-26)17-22-18-30-24(25-22)28(20(2)29)23-10-4-3-5-11-23/h3-11,18H,12-17H2,1-2H3. The van der Waals surface area contributed by atoms with E-state index in [1.54, 1.807) is 11.8 Å². The van der Waals surface area contributed by atoms with Crippen molar-refractivity contribution < 1.29 is 4.79 Å². The first kappa shape index (κ1) is 20.7. The zero-order valence-electron chi connectivity index (χ0n) is 17.6. The molecule has 1 aliphatic heterocycles. The van der Waals surface area contributed by atoms with Crippen LogP contribution in [0, 0.1) is 6.92 Å². The fourth-order valence-corrected chi connectivity index (χ4v) is 4.72. The van der Waals surface area contributed by atoms with E-state index in [1.807, 2.05) is 30.3 Å². The van der Waals surface area contributed by atoms with Crippen molar-refractivity contribution in [2.75, 3.05) is 31.1 Å². The predicted molar refractivity (Wildman–Crippen MR) is 123 cm³/mol. The number of rotatable bonds is 6. The third-order valence-electron chi connectivity index (χ3n) is 5.57. The van der Waals surface area contributed by atoms with Gasteiger partial charge in [0, 0.05) is 51.6 Å². The summed E-state index contributed by atoms with van der Waals surface area (Å²) in [5.74, 6) is -0.0214. The number of carbonyl (C=O) groups excluding carboxylic acids is 1. The Morgan fingerprint density at radius 2 is 1.60 bits per heavy atom. The van der Waals surface area contributed by atoms with Crippen LogP contribution in [0.4, 0.5) is 10.8 Å². The van der Waals surface area contributed by atoms with E-state index in [9.17, 15) is 4.79 Å². The van der Waals surface area contributed by atoms with Gasteiger partial charge in [0.1, 0.15) is 0 Å². The number of para-hydroxylation sites is 1. The summed E-state index contributed by atoms with van der Waals surface area (Å²) < 4.78 is 0.